The minimum atomic E-state index is -0.0946. The fraction of sp³-hybridized carbons (Fsp3) is 0.600. The van der Waals surface area contributed by atoms with Crippen LogP contribution in [0, 0.1) is 0 Å². The molecule has 0 fully saturated rings. The highest BCUT2D eigenvalue weighted by Crippen LogP contribution is 2.28. The molecule has 0 aliphatic rings. The van der Waals surface area contributed by atoms with E-state index in [1.165, 1.54) is 19.3 Å². The van der Waals surface area contributed by atoms with Crippen LogP contribution < -0.4 is 0 Å². The normalized spacial score (nSPS) is 14.7. The predicted octanol–water partition coefficient (Wildman–Crippen LogP) is 4.87. The topological polar surface area (TPSA) is 30.7 Å². The Hall–Kier alpha value is -1.09. The molecule has 2 aromatic heterocycles. The number of hydrogen-bond donors (Lipinski definition) is 0. The zero-order valence-corrected chi connectivity index (χ0v) is 12.7. The van der Waals surface area contributed by atoms with Gasteiger partial charge in [-0.15, -0.1) is 11.6 Å². The van der Waals surface area contributed by atoms with E-state index in [4.69, 9.17) is 11.6 Å². The molecule has 0 saturated carbocycles. The monoisotopic (exact) mass is 279 g/mol. The lowest BCUT2D eigenvalue weighted by molar-refractivity contribution is 0.470. The molecule has 0 radical (unpaired) electrons. The van der Waals surface area contributed by atoms with Crippen molar-refractivity contribution in [1.29, 1.82) is 0 Å². The zero-order chi connectivity index (χ0) is 13.8. The Kier molecular flexibility index (Phi) is 4.81. The van der Waals surface area contributed by atoms with Gasteiger partial charge in [-0.2, -0.15) is 0 Å². The molecule has 0 amide bonds. The Bertz CT molecular complexity index is 533. The van der Waals surface area contributed by atoms with Crippen LogP contribution in [0.2, 0.25) is 0 Å². The first-order valence-corrected chi connectivity index (χ1v) is 7.55. The van der Waals surface area contributed by atoms with Gasteiger partial charge in [0.05, 0.1) is 5.38 Å². The summed E-state index contributed by atoms with van der Waals surface area (Å²) in [6, 6.07) is 4.31. The van der Waals surface area contributed by atoms with Crippen LogP contribution in [0.4, 0.5) is 0 Å². The van der Waals surface area contributed by atoms with Gasteiger partial charge in [0.15, 0.2) is 5.65 Å². The van der Waals surface area contributed by atoms with Crippen LogP contribution in [0.25, 0.3) is 11.2 Å². The summed E-state index contributed by atoms with van der Waals surface area (Å²) in [6.07, 6.45) is 6.72. The van der Waals surface area contributed by atoms with Gasteiger partial charge in [0.1, 0.15) is 11.3 Å². The van der Waals surface area contributed by atoms with Crippen LogP contribution in [0.1, 0.15) is 63.7 Å². The lowest BCUT2D eigenvalue weighted by Crippen LogP contribution is -2.10. The second kappa shape index (κ2) is 6.38. The molecule has 104 valence electrons. The van der Waals surface area contributed by atoms with Gasteiger partial charge < -0.3 is 4.57 Å². The fourth-order valence-electron chi connectivity index (χ4n) is 2.48. The fourth-order valence-corrected chi connectivity index (χ4v) is 2.64. The Morgan fingerprint density at radius 1 is 1.32 bits per heavy atom. The third-order valence-electron chi connectivity index (χ3n) is 3.50. The van der Waals surface area contributed by atoms with Gasteiger partial charge in [0, 0.05) is 12.2 Å². The number of nitrogens with zero attached hydrogens (tertiary/aromatic N) is 3. The Balaban J connectivity index is 2.35. The van der Waals surface area contributed by atoms with Crippen molar-refractivity contribution < 1.29 is 0 Å². The van der Waals surface area contributed by atoms with Crippen LogP contribution in [-0.2, 0) is 0 Å². The molecule has 0 spiro atoms. The molecule has 2 unspecified atom stereocenters. The SMILES string of the molecule is CCCCCC(C)n1c(C(C)Cl)nc2cccnc21. The second-order valence-electron chi connectivity index (χ2n) is 5.15. The van der Waals surface area contributed by atoms with E-state index in [9.17, 15) is 0 Å². The highest BCUT2D eigenvalue weighted by Gasteiger charge is 2.19. The lowest BCUT2D eigenvalue weighted by atomic mass is 10.1. The summed E-state index contributed by atoms with van der Waals surface area (Å²) in [5, 5.41) is -0.0946. The molecule has 2 atom stereocenters. The summed E-state index contributed by atoms with van der Waals surface area (Å²) in [5.41, 5.74) is 1.89. The van der Waals surface area contributed by atoms with Crippen molar-refractivity contribution in [2.24, 2.45) is 0 Å². The second-order valence-corrected chi connectivity index (χ2v) is 5.80. The maximum atomic E-state index is 6.27. The average molecular weight is 280 g/mol. The molecule has 2 aromatic rings. The minimum absolute atomic E-state index is 0.0946. The third kappa shape index (κ3) is 3.08. The van der Waals surface area contributed by atoms with Crippen LogP contribution in [-0.4, -0.2) is 14.5 Å². The standard InChI is InChI=1S/C15H22ClN3/c1-4-5-6-8-11(2)19-14(12(3)16)18-13-9-7-10-17-15(13)19/h7,9-12H,4-6,8H2,1-3H3. The number of rotatable bonds is 6. The zero-order valence-electron chi connectivity index (χ0n) is 11.9. The van der Waals surface area contributed by atoms with Crippen molar-refractivity contribution in [3.63, 3.8) is 0 Å². The van der Waals surface area contributed by atoms with E-state index in [-0.39, 0.29) is 5.38 Å². The van der Waals surface area contributed by atoms with E-state index in [1.54, 1.807) is 0 Å². The van der Waals surface area contributed by atoms with E-state index < -0.39 is 0 Å². The summed E-state index contributed by atoms with van der Waals surface area (Å²) in [4.78, 5) is 9.11. The van der Waals surface area contributed by atoms with E-state index in [0.29, 0.717) is 6.04 Å². The van der Waals surface area contributed by atoms with Crippen LogP contribution >= 0.6 is 11.6 Å². The Morgan fingerprint density at radius 3 is 2.79 bits per heavy atom. The van der Waals surface area contributed by atoms with Crippen molar-refractivity contribution in [1.82, 2.24) is 14.5 Å². The van der Waals surface area contributed by atoms with Crippen molar-refractivity contribution in [3.05, 3.63) is 24.2 Å². The summed E-state index contributed by atoms with van der Waals surface area (Å²) in [6.45, 7) is 6.43. The highest BCUT2D eigenvalue weighted by atomic mass is 35.5. The number of pyridine rings is 1. The molecule has 0 N–H and O–H groups in total. The van der Waals surface area contributed by atoms with Gasteiger partial charge in [-0.05, 0) is 32.4 Å². The third-order valence-corrected chi connectivity index (χ3v) is 3.69. The molecule has 0 aliphatic heterocycles. The highest BCUT2D eigenvalue weighted by molar-refractivity contribution is 6.20. The largest absolute Gasteiger partial charge is 0.309 e. The molecule has 2 rings (SSSR count). The molecule has 0 aromatic carbocycles. The molecule has 19 heavy (non-hydrogen) atoms. The summed E-state index contributed by atoms with van der Waals surface area (Å²) in [5.74, 6) is 0.930. The first-order chi connectivity index (χ1) is 9.15. The predicted molar refractivity (Wildman–Crippen MR) is 80.6 cm³/mol. The number of imidazole rings is 1. The van der Waals surface area contributed by atoms with Crippen LogP contribution in [0.5, 0.6) is 0 Å². The van der Waals surface area contributed by atoms with Crippen LogP contribution in [0.3, 0.4) is 0 Å². The number of fused-ring (bicyclic) bond motifs is 1. The number of halogens is 1. The molecular weight excluding hydrogens is 258 g/mol. The number of hydrogen-bond acceptors (Lipinski definition) is 2. The Morgan fingerprint density at radius 2 is 2.11 bits per heavy atom. The van der Waals surface area contributed by atoms with Gasteiger partial charge in [0.2, 0.25) is 0 Å². The van der Waals surface area contributed by atoms with Gasteiger partial charge in [-0.25, -0.2) is 9.97 Å². The lowest BCUT2D eigenvalue weighted by Gasteiger charge is -2.17. The number of aromatic nitrogens is 3. The number of alkyl halides is 1. The van der Waals surface area contributed by atoms with Crippen molar-refractivity contribution >= 4 is 22.8 Å². The van der Waals surface area contributed by atoms with E-state index in [2.05, 4.69) is 28.4 Å². The average Bonchev–Trinajstić information content (AvgIpc) is 2.78. The molecule has 3 nitrogen and oxygen atoms in total. The Labute approximate surface area is 120 Å². The van der Waals surface area contributed by atoms with Crippen LogP contribution in [0.15, 0.2) is 18.3 Å². The first-order valence-electron chi connectivity index (χ1n) is 7.12. The molecular formula is C15H22ClN3. The maximum absolute atomic E-state index is 6.27. The summed E-state index contributed by atoms with van der Waals surface area (Å²) < 4.78 is 2.21. The quantitative estimate of drug-likeness (QED) is 0.558. The van der Waals surface area contributed by atoms with E-state index >= 15 is 0 Å². The molecule has 0 aliphatic carbocycles. The van der Waals surface area contributed by atoms with E-state index in [0.717, 1.165) is 23.4 Å². The molecule has 4 heteroatoms. The summed E-state index contributed by atoms with van der Waals surface area (Å²) >= 11 is 6.27. The maximum Gasteiger partial charge on any atom is 0.160 e. The molecule has 0 saturated heterocycles. The van der Waals surface area contributed by atoms with Crippen molar-refractivity contribution in [2.45, 2.75) is 57.9 Å². The first kappa shape index (κ1) is 14.3. The minimum Gasteiger partial charge on any atom is -0.309 e. The number of unbranched alkanes of at least 4 members (excludes halogenated alkanes) is 2. The van der Waals surface area contributed by atoms with Crippen molar-refractivity contribution in [3.8, 4) is 0 Å². The smallest absolute Gasteiger partial charge is 0.160 e. The van der Waals surface area contributed by atoms with Crippen molar-refractivity contribution in [2.75, 3.05) is 0 Å². The molecule has 2 heterocycles. The molecule has 0 bridgehead atoms. The van der Waals surface area contributed by atoms with Gasteiger partial charge in [0.25, 0.3) is 0 Å². The van der Waals surface area contributed by atoms with Gasteiger partial charge in [-0.3, -0.25) is 0 Å². The summed E-state index contributed by atoms with van der Waals surface area (Å²) in [7, 11) is 0. The van der Waals surface area contributed by atoms with E-state index in [1.807, 2.05) is 25.3 Å². The van der Waals surface area contributed by atoms with Gasteiger partial charge in [-0.1, -0.05) is 26.2 Å². The van der Waals surface area contributed by atoms with Gasteiger partial charge >= 0.3 is 0 Å².